The highest BCUT2D eigenvalue weighted by Crippen LogP contribution is 2.27. The van der Waals surface area contributed by atoms with Crippen LogP contribution in [0, 0.1) is 5.92 Å². The molecule has 0 saturated carbocycles. The number of methoxy groups -OCH3 is 1. The van der Waals surface area contributed by atoms with Crippen LogP contribution in [0.2, 0.25) is 0 Å². The lowest BCUT2D eigenvalue weighted by atomic mass is 9.96. The van der Waals surface area contributed by atoms with Crippen LogP contribution in [0.3, 0.4) is 0 Å². The summed E-state index contributed by atoms with van der Waals surface area (Å²) >= 11 is 3.31. The Morgan fingerprint density at radius 1 is 1.48 bits per heavy atom. The van der Waals surface area contributed by atoms with Gasteiger partial charge in [0.25, 0.3) is 0 Å². The molecule has 1 aromatic rings. The Labute approximate surface area is 134 Å². The molecule has 21 heavy (non-hydrogen) atoms. The van der Waals surface area contributed by atoms with Crippen LogP contribution < -0.4 is 14.8 Å². The summed E-state index contributed by atoms with van der Waals surface area (Å²) in [6.07, 6.45) is 3.20. The van der Waals surface area contributed by atoms with Crippen molar-refractivity contribution in [3.05, 3.63) is 22.7 Å². The molecule has 1 saturated heterocycles. The quantitative estimate of drug-likeness (QED) is 0.797. The number of hydrogen-bond acceptors (Lipinski definition) is 4. The second-order valence-corrected chi connectivity index (χ2v) is 7.82. The number of sulfonamides is 1. The van der Waals surface area contributed by atoms with Gasteiger partial charge in [0.15, 0.2) is 0 Å². The van der Waals surface area contributed by atoms with Gasteiger partial charge in [0, 0.05) is 6.54 Å². The average molecular weight is 377 g/mol. The summed E-state index contributed by atoms with van der Waals surface area (Å²) < 4.78 is 32.9. The Kier molecular flexibility index (Phi) is 6.04. The topological polar surface area (TPSA) is 67.4 Å². The molecule has 2 N–H and O–H groups in total. The molecule has 7 heteroatoms. The van der Waals surface area contributed by atoms with Crippen molar-refractivity contribution in [3.63, 3.8) is 0 Å². The van der Waals surface area contributed by atoms with Crippen molar-refractivity contribution in [2.24, 2.45) is 5.92 Å². The molecule has 1 unspecified atom stereocenters. The van der Waals surface area contributed by atoms with Gasteiger partial charge in [-0.3, -0.25) is 0 Å². The Bertz CT molecular complexity index is 572. The molecular weight excluding hydrogens is 356 g/mol. The van der Waals surface area contributed by atoms with Crippen LogP contribution in [-0.2, 0) is 10.0 Å². The lowest BCUT2D eigenvalue weighted by molar-refractivity contribution is 0.358. The maximum absolute atomic E-state index is 12.2. The van der Waals surface area contributed by atoms with E-state index < -0.39 is 10.0 Å². The normalized spacial score (nSPS) is 19.4. The van der Waals surface area contributed by atoms with Crippen LogP contribution in [-0.4, -0.2) is 35.2 Å². The number of nitrogens with one attached hydrogen (secondary N) is 2. The summed E-state index contributed by atoms with van der Waals surface area (Å²) in [6, 6.07) is 4.75. The zero-order valence-corrected chi connectivity index (χ0v) is 14.5. The van der Waals surface area contributed by atoms with Gasteiger partial charge < -0.3 is 10.1 Å². The third-order valence-corrected chi connectivity index (χ3v) is 5.76. The summed E-state index contributed by atoms with van der Waals surface area (Å²) in [4.78, 5) is 0.247. The molecule has 1 atom stereocenters. The van der Waals surface area contributed by atoms with Crippen molar-refractivity contribution in [1.82, 2.24) is 10.0 Å². The number of rotatable bonds is 6. The largest absolute Gasteiger partial charge is 0.496 e. The zero-order chi connectivity index (χ0) is 15.3. The molecule has 0 aliphatic carbocycles. The van der Waals surface area contributed by atoms with Gasteiger partial charge in [-0.25, -0.2) is 13.1 Å². The first-order valence-corrected chi connectivity index (χ1v) is 9.34. The molecule has 0 amide bonds. The summed E-state index contributed by atoms with van der Waals surface area (Å²) in [5, 5.41) is 3.34. The van der Waals surface area contributed by atoms with Gasteiger partial charge in [-0.05, 0) is 72.4 Å². The zero-order valence-electron chi connectivity index (χ0n) is 12.1. The van der Waals surface area contributed by atoms with Gasteiger partial charge in [0.1, 0.15) is 5.75 Å². The number of piperidine rings is 1. The van der Waals surface area contributed by atoms with Gasteiger partial charge in [0.05, 0.1) is 16.5 Å². The van der Waals surface area contributed by atoms with Gasteiger partial charge in [-0.2, -0.15) is 0 Å². The van der Waals surface area contributed by atoms with Gasteiger partial charge in [-0.15, -0.1) is 0 Å². The minimum absolute atomic E-state index is 0.247. The van der Waals surface area contributed by atoms with E-state index in [9.17, 15) is 8.42 Å². The molecule has 118 valence electrons. The Morgan fingerprint density at radius 2 is 2.29 bits per heavy atom. The smallest absolute Gasteiger partial charge is 0.240 e. The molecular formula is C14H21BrN2O3S. The van der Waals surface area contributed by atoms with Crippen molar-refractivity contribution in [1.29, 1.82) is 0 Å². The highest BCUT2D eigenvalue weighted by molar-refractivity contribution is 9.10. The van der Waals surface area contributed by atoms with E-state index in [1.807, 2.05) is 0 Å². The Balaban J connectivity index is 1.93. The van der Waals surface area contributed by atoms with E-state index in [0.717, 1.165) is 19.5 Å². The van der Waals surface area contributed by atoms with Crippen LogP contribution in [0.1, 0.15) is 19.3 Å². The monoisotopic (exact) mass is 376 g/mol. The second-order valence-electron chi connectivity index (χ2n) is 5.20. The van der Waals surface area contributed by atoms with Gasteiger partial charge in [-0.1, -0.05) is 0 Å². The minimum atomic E-state index is -3.46. The third kappa shape index (κ3) is 4.67. The molecule has 0 radical (unpaired) electrons. The first-order valence-electron chi connectivity index (χ1n) is 7.07. The molecule has 5 nitrogen and oxygen atoms in total. The van der Waals surface area contributed by atoms with Crippen molar-refractivity contribution < 1.29 is 13.2 Å². The molecule has 1 aromatic carbocycles. The van der Waals surface area contributed by atoms with E-state index in [4.69, 9.17) is 4.74 Å². The van der Waals surface area contributed by atoms with Crippen LogP contribution in [0.25, 0.3) is 0 Å². The van der Waals surface area contributed by atoms with Crippen molar-refractivity contribution in [2.45, 2.75) is 24.2 Å². The number of halogens is 1. The summed E-state index contributed by atoms with van der Waals surface area (Å²) in [7, 11) is -1.92. The number of benzene rings is 1. The SMILES string of the molecule is COc1ccc(S(=O)(=O)NCCC2CCCNC2)cc1Br. The molecule has 2 rings (SSSR count). The fourth-order valence-electron chi connectivity index (χ4n) is 2.47. The van der Waals surface area contributed by atoms with E-state index in [1.165, 1.54) is 12.8 Å². The standard InChI is InChI=1S/C14H21BrN2O3S/c1-20-14-5-4-12(9-13(14)15)21(18,19)17-8-6-11-3-2-7-16-10-11/h4-5,9,11,16-17H,2-3,6-8,10H2,1H3. The lowest BCUT2D eigenvalue weighted by Crippen LogP contribution is -2.33. The predicted molar refractivity (Wildman–Crippen MR) is 86.1 cm³/mol. The molecule has 0 spiro atoms. The molecule has 1 heterocycles. The van der Waals surface area contributed by atoms with E-state index >= 15 is 0 Å². The summed E-state index contributed by atoms with van der Waals surface area (Å²) in [5.41, 5.74) is 0. The van der Waals surface area contributed by atoms with Crippen molar-refractivity contribution in [3.8, 4) is 5.75 Å². The number of ether oxygens (including phenoxy) is 1. The van der Waals surface area contributed by atoms with E-state index in [0.29, 0.717) is 22.7 Å². The van der Waals surface area contributed by atoms with E-state index in [-0.39, 0.29) is 4.90 Å². The molecule has 1 aliphatic rings. The molecule has 0 bridgehead atoms. The fourth-order valence-corrected chi connectivity index (χ4v) is 4.23. The van der Waals surface area contributed by atoms with E-state index in [1.54, 1.807) is 25.3 Å². The first-order chi connectivity index (χ1) is 10.0. The third-order valence-electron chi connectivity index (χ3n) is 3.68. The van der Waals surface area contributed by atoms with Crippen molar-refractivity contribution in [2.75, 3.05) is 26.7 Å². The Hall–Kier alpha value is -0.630. The Morgan fingerprint density at radius 3 is 2.90 bits per heavy atom. The minimum Gasteiger partial charge on any atom is -0.496 e. The van der Waals surface area contributed by atoms with Crippen LogP contribution in [0.4, 0.5) is 0 Å². The maximum Gasteiger partial charge on any atom is 0.240 e. The maximum atomic E-state index is 12.2. The number of hydrogen-bond donors (Lipinski definition) is 2. The highest BCUT2D eigenvalue weighted by atomic mass is 79.9. The fraction of sp³-hybridized carbons (Fsp3) is 0.571. The van der Waals surface area contributed by atoms with Crippen molar-refractivity contribution >= 4 is 26.0 Å². The first kappa shape index (κ1) is 16.7. The second kappa shape index (κ2) is 7.58. The van der Waals surface area contributed by atoms with E-state index in [2.05, 4.69) is 26.0 Å². The summed E-state index contributed by atoms with van der Waals surface area (Å²) in [5.74, 6) is 1.17. The summed E-state index contributed by atoms with van der Waals surface area (Å²) in [6.45, 7) is 2.52. The molecule has 1 fully saturated rings. The molecule has 1 aliphatic heterocycles. The van der Waals surface area contributed by atoms with Gasteiger partial charge >= 0.3 is 0 Å². The van der Waals surface area contributed by atoms with Crippen LogP contribution in [0.5, 0.6) is 5.75 Å². The van der Waals surface area contributed by atoms with Crippen LogP contribution >= 0.6 is 15.9 Å². The average Bonchev–Trinajstić information content (AvgIpc) is 2.48. The lowest BCUT2D eigenvalue weighted by Gasteiger charge is -2.22. The van der Waals surface area contributed by atoms with Crippen LogP contribution in [0.15, 0.2) is 27.6 Å². The molecule has 0 aromatic heterocycles. The predicted octanol–water partition coefficient (Wildman–Crippen LogP) is 2.13. The van der Waals surface area contributed by atoms with Gasteiger partial charge in [0.2, 0.25) is 10.0 Å². The highest BCUT2D eigenvalue weighted by Gasteiger charge is 2.17.